The average Bonchev–Trinajstić information content (AvgIpc) is 3.65. The number of aliphatic hydroxyl groups is 1. The molecule has 3 atom stereocenters. The van der Waals surface area contributed by atoms with Crippen LogP contribution in [0.4, 0.5) is 5.82 Å². The van der Waals surface area contributed by atoms with Crippen molar-refractivity contribution in [1.82, 2.24) is 29.3 Å². The summed E-state index contributed by atoms with van der Waals surface area (Å²) in [5.41, 5.74) is 7.69. The fourth-order valence-corrected chi connectivity index (χ4v) is 8.09. The summed E-state index contributed by atoms with van der Waals surface area (Å²) >= 11 is 1.57. The minimum Gasteiger partial charge on any atom is -0.390 e. The maximum absolute atomic E-state index is 13.4. The number of imidazole rings is 1. The van der Waals surface area contributed by atoms with Gasteiger partial charge in [0.15, 0.2) is 11.5 Å². The van der Waals surface area contributed by atoms with Crippen LogP contribution in [0.15, 0.2) is 36.9 Å². The Morgan fingerprint density at radius 3 is 2.49 bits per heavy atom. The summed E-state index contributed by atoms with van der Waals surface area (Å²) in [5.74, 6) is 0.724. The predicted octanol–water partition coefficient (Wildman–Crippen LogP) is 2.61. The molecule has 1 fully saturated rings. The van der Waals surface area contributed by atoms with Gasteiger partial charge in [0, 0.05) is 37.6 Å². The average molecular weight is 634 g/mol. The monoisotopic (exact) mass is 633 g/mol. The summed E-state index contributed by atoms with van der Waals surface area (Å²) in [7, 11) is -3.43. The molecule has 2 amide bonds. The van der Waals surface area contributed by atoms with Crippen molar-refractivity contribution in [1.29, 1.82) is 0 Å². The molecule has 43 heavy (non-hydrogen) atoms. The van der Waals surface area contributed by atoms with Gasteiger partial charge in [-0.3, -0.25) is 28.5 Å². The van der Waals surface area contributed by atoms with E-state index in [2.05, 4.69) is 15.0 Å². The first kappa shape index (κ1) is 31.5. The number of thioether (sulfide) groups is 1. The molecule has 0 aliphatic carbocycles. The Morgan fingerprint density at radius 1 is 1.12 bits per heavy atom. The van der Waals surface area contributed by atoms with Gasteiger partial charge >= 0.3 is 7.60 Å². The largest absolute Gasteiger partial charge is 0.390 e. The first-order valence-electron chi connectivity index (χ1n) is 14.1. The molecule has 16 heteroatoms. The van der Waals surface area contributed by atoms with E-state index >= 15 is 0 Å². The minimum absolute atomic E-state index is 0.0156. The topological polar surface area (TPSA) is 175 Å². The lowest BCUT2D eigenvalue weighted by Gasteiger charge is -2.28. The van der Waals surface area contributed by atoms with Crippen LogP contribution in [0.5, 0.6) is 0 Å². The van der Waals surface area contributed by atoms with Crippen LogP contribution in [0, 0.1) is 0 Å². The molecule has 0 radical (unpaired) electrons. The number of hydrogen-bond acceptors (Lipinski definition) is 13. The van der Waals surface area contributed by atoms with Crippen LogP contribution in [0.2, 0.25) is 0 Å². The SMILES string of the molecule is CCOP(=O)(CN(CCSC[C@H]1O[C@@H](n2cnc3c(N)ncnc32)C[C@H]1O)CCN1C(=O)c2ccccc2C1=O)OCC. The molecule has 2 aliphatic heterocycles. The van der Waals surface area contributed by atoms with E-state index in [-0.39, 0.29) is 43.7 Å². The molecule has 1 aromatic carbocycles. The molecular formula is C27H36N7O7PS. The fourth-order valence-electron chi connectivity index (χ4n) is 5.20. The second-order valence-electron chi connectivity index (χ2n) is 10.1. The van der Waals surface area contributed by atoms with Gasteiger partial charge in [0.2, 0.25) is 0 Å². The van der Waals surface area contributed by atoms with E-state index in [9.17, 15) is 19.3 Å². The van der Waals surface area contributed by atoms with E-state index in [4.69, 9.17) is 19.5 Å². The van der Waals surface area contributed by atoms with Gasteiger partial charge in [-0.05, 0) is 26.0 Å². The molecule has 0 unspecified atom stereocenters. The molecule has 0 saturated carbocycles. The Bertz CT molecular complexity index is 1460. The number of nitrogens with two attached hydrogens (primary N) is 1. The molecular weight excluding hydrogens is 597 g/mol. The van der Waals surface area contributed by atoms with E-state index < -0.39 is 26.0 Å². The van der Waals surface area contributed by atoms with Crippen molar-refractivity contribution in [2.75, 3.05) is 56.4 Å². The number of amides is 2. The molecule has 3 N–H and O–H groups in total. The lowest BCUT2D eigenvalue weighted by atomic mass is 10.1. The Kier molecular flexibility index (Phi) is 10.1. The number of carbonyl (C=O) groups excluding carboxylic acids is 2. The number of fused-ring (bicyclic) bond motifs is 2. The number of nitrogens with zero attached hydrogens (tertiary/aromatic N) is 6. The molecule has 232 valence electrons. The number of ether oxygens (including phenoxy) is 1. The zero-order chi connectivity index (χ0) is 30.6. The van der Waals surface area contributed by atoms with Crippen LogP contribution in [-0.4, -0.2) is 109 Å². The first-order valence-corrected chi connectivity index (χ1v) is 17.0. The van der Waals surface area contributed by atoms with Crippen LogP contribution in [0.25, 0.3) is 11.2 Å². The molecule has 5 rings (SSSR count). The van der Waals surface area contributed by atoms with Crippen LogP contribution >= 0.6 is 19.4 Å². The van der Waals surface area contributed by atoms with Gasteiger partial charge in [-0.25, -0.2) is 15.0 Å². The summed E-state index contributed by atoms with van der Waals surface area (Å²) in [6.45, 7) is 4.85. The number of carbonyl (C=O) groups is 2. The minimum atomic E-state index is -3.43. The molecule has 3 aromatic rings. The number of benzene rings is 1. The van der Waals surface area contributed by atoms with Crippen molar-refractivity contribution in [3.63, 3.8) is 0 Å². The highest BCUT2D eigenvalue weighted by Crippen LogP contribution is 2.48. The van der Waals surface area contributed by atoms with Crippen LogP contribution in [0.3, 0.4) is 0 Å². The Balaban J connectivity index is 1.18. The molecule has 4 heterocycles. The maximum atomic E-state index is 13.4. The highest BCUT2D eigenvalue weighted by atomic mass is 32.2. The number of aliphatic hydroxyl groups excluding tert-OH is 1. The molecule has 0 bridgehead atoms. The third-order valence-corrected chi connectivity index (χ3v) is 10.4. The van der Waals surface area contributed by atoms with Gasteiger partial charge in [-0.2, -0.15) is 11.8 Å². The van der Waals surface area contributed by atoms with Crippen molar-refractivity contribution in [3.05, 3.63) is 48.0 Å². The van der Waals surface area contributed by atoms with Crippen LogP contribution in [-0.2, 0) is 18.3 Å². The summed E-state index contributed by atoms with van der Waals surface area (Å²) in [6, 6.07) is 6.74. The number of aromatic nitrogens is 4. The van der Waals surface area contributed by atoms with Gasteiger partial charge in [0.25, 0.3) is 11.8 Å². The predicted molar refractivity (Wildman–Crippen MR) is 161 cm³/mol. The van der Waals surface area contributed by atoms with Gasteiger partial charge < -0.3 is 24.6 Å². The number of rotatable bonds is 15. The summed E-state index contributed by atoms with van der Waals surface area (Å²) in [4.78, 5) is 41.4. The van der Waals surface area contributed by atoms with Crippen LogP contribution < -0.4 is 5.73 Å². The third-order valence-electron chi connectivity index (χ3n) is 7.28. The molecule has 1 saturated heterocycles. The third kappa shape index (κ3) is 6.93. The number of hydrogen-bond donors (Lipinski definition) is 2. The zero-order valence-electron chi connectivity index (χ0n) is 24.1. The summed E-state index contributed by atoms with van der Waals surface area (Å²) in [6.07, 6.45) is 1.79. The number of anilines is 1. The van der Waals surface area contributed by atoms with Crippen molar-refractivity contribution in [2.45, 2.75) is 38.7 Å². The van der Waals surface area contributed by atoms with Gasteiger partial charge in [-0.15, -0.1) is 0 Å². The second kappa shape index (κ2) is 13.8. The normalized spacial score (nSPS) is 20.6. The highest BCUT2D eigenvalue weighted by molar-refractivity contribution is 7.99. The van der Waals surface area contributed by atoms with Crippen molar-refractivity contribution in [3.8, 4) is 0 Å². The zero-order valence-corrected chi connectivity index (χ0v) is 25.8. The van der Waals surface area contributed by atoms with E-state index in [0.29, 0.717) is 53.3 Å². The standard InChI is InChI=1S/C27H36N7O7PS/c1-3-39-42(38,40-4-2)17-32(9-10-33-26(36)18-7-5-6-8-19(18)27(33)37)11-12-43-14-21-20(35)13-22(41-21)34-16-31-23-24(28)29-15-30-25(23)34/h5-8,15-16,20-22,35H,3-4,9-14,17H2,1-2H3,(H2,28,29,30)/t20-,21-,22-/m1/s1. The maximum Gasteiger partial charge on any atom is 0.344 e. The van der Waals surface area contributed by atoms with Crippen LogP contribution in [0.1, 0.15) is 47.2 Å². The van der Waals surface area contributed by atoms with E-state index in [0.717, 1.165) is 0 Å². The summed E-state index contributed by atoms with van der Waals surface area (Å²) in [5, 5.41) is 10.7. The van der Waals surface area contributed by atoms with Crippen molar-refractivity contribution < 1.29 is 33.0 Å². The highest BCUT2D eigenvalue weighted by Gasteiger charge is 2.37. The van der Waals surface area contributed by atoms with Crippen molar-refractivity contribution in [2.24, 2.45) is 0 Å². The fraction of sp³-hybridized carbons (Fsp3) is 0.519. The van der Waals surface area contributed by atoms with Gasteiger partial charge in [0.05, 0.1) is 42.9 Å². The Morgan fingerprint density at radius 2 is 1.81 bits per heavy atom. The smallest absolute Gasteiger partial charge is 0.344 e. The van der Waals surface area contributed by atoms with Gasteiger partial charge in [0.1, 0.15) is 24.4 Å². The molecule has 2 aliphatic rings. The quantitative estimate of drug-likeness (QED) is 0.142. The summed E-state index contributed by atoms with van der Waals surface area (Å²) < 4.78 is 32.3. The number of imide groups is 1. The Hall–Kier alpha value is -2.91. The van der Waals surface area contributed by atoms with E-state index in [1.807, 2.05) is 4.90 Å². The Labute approximate surface area is 253 Å². The second-order valence-corrected chi connectivity index (χ2v) is 13.3. The lowest BCUT2D eigenvalue weighted by Crippen LogP contribution is -2.39. The number of nitrogen functional groups attached to an aromatic ring is 1. The molecule has 2 aromatic heterocycles. The molecule has 14 nitrogen and oxygen atoms in total. The first-order chi connectivity index (χ1) is 20.7. The molecule has 0 spiro atoms. The van der Waals surface area contributed by atoms with Crippen molar-refractivity contribution >= 4 is 48.2 Å². The van der Waals surface area contributed by atoms with E-state index in [1.165, 1.54) is 11.2 Å². The van der Waals surface area contributed by atoms with E-state index in [1.54, 1.807) is 60.8 Å². The van der Waals surface area contributed by atoms with Gasteiger partial charge in [-0.1, -0.05) is 12.1 Å². The lowest BCUT2D eigenvalue weighted by molar-refractivity contribution is -0.00372.